The van der Waals surface area contributed by atoms with Gasteiger partial charge in [-0.1, -0.05) is 48.0 Å². The number of amides is 5. The third-order valence-electron chi connectivity index (χ3n) is 8.02. The molecule has 3 heterocycles. The zero-order valence-electron chi connectivity index (χ0n) is 25.2. The SMILES string of the molecule is O=C1CCC(C2C(=O)c3cccc(NCc4ccc(CNC(=O)c5cc(NC(=O)Nc6ccnc(Cl)c6)ccn5)cc4)c3C2=O)C(=O)N1. The molecule has 4 aromatic rings. The average molecular weight is 666 g/mol. The van der Waals surface area contributed by atoms with Gasteiger partial charge in [-0.15, -0.1) is 0 Å². The number of imide groups is 1. The Morgan fingerprint density at radius 2 is 1.52 bits per heavy atom. The van der Waals surface area contributed by atoms with E-state index in [1.807, 2.05) is 24.3 Å². The molecule has 2 aliphatic rings. The number of hydrogen-bond donors (Lipinski definition) is 5. The molecular weight excluding hydrogens is 638 g/mol. The minimum atomic E-state index is -1.14. The second kappa shape index (κ2) is 13.8. The van der Waals surface area contributed by atoms with Gasteiger partial charge in [-0.3, -0.25) is 34.3 Å². The molecule has 13 nitrogen and oxygen atoms in total. The molecule has 0 bridgehead atoms. The number of benzene rings is 2. The van der Waals surface area contributed by atoms with Gasteiger partial charge in [0.1, 0.15) is 10.8 Å². The van der Waals surface area contributed by atoms with Crippen molar-refractivity contribution < 1.29 is 28.8 Å². The highest BCUT2D eigenvalue weighted by molar-refractivity contribution is 6.30. The highest BCUT2D eigenvalue weighted by Gasteiger charge is 2.48. The van der Waals surface area contributed by atoms with Gasteiger partial charge >= 0.3 is 6.03 Å². The lowest BCUT2D eigenvalue weighted by Crippen LogP contribution is -2.46. The number of piperidine rings is 1. The van der Waals surface area contributed by atoms with Crippen molar-refractivity contribution in [2.75, 3.05) is 16.0 Å². The molecule has 5 N–H and O–H groups in total. The highest BCUT2D eigenvalue weighted by atomic mass is 35.5. The van der Waals surface area contributed by atoms with Gasteiger partial charge < -0.3 is 21.3 Å². The first-order chi connectivity index (χ1) is 23.2. The number of rotatable bonds is 9. The van der Waals surface area contributed by atoms with Crippen LogP contribution in [-0.2, 0) is 22.7 Å². The van der Waals surface area contributed by atoms with E-state index in [2.05, 4.69) is 36.6 Å². The Morgan fingerprint density at radius 1 is 0.833 bits per heavy atom. The van der Waals surface area contributed by atoms with Gasteiger partial charge in [-0.2, -0.15) is 0 Å². The topological polar surface area (TPSA) is 188 Å². The zero-order chi connectivity index (χ0) is 33.8. The van der Waals surface area contributed by atoms with E-state index >= 15 is 0 Å². The fourth-order valence-electron chi connectivity index (χ4n) is 5.66. The summed E-state index contributed by atoms with van der Waals surface area (Å²) in [7, 11) is 0. The van der Waals surface area contributed by atoms with Crippen LogP contribution in [0.2, 0.25) is 5.15 Å². The minimum Gasteiger partial charge on any atom is -0.380 e. The molecule has 1 aliphatic carbocycles. The van der Waals surface area contributed by atoms with E-state index in [-0.39, 0.29) is 41.4 Å². The average Bonchev–Trinajstić information content (AvgIpc) is 3.32. The number of halogens is 1. The normalized spacial score (nSPS) is 16.9. The van der Waals surface area contributed by atoms with Crippen molar-refractivity contribution in [1.29, 1.82) is 0 Å². The van der Waals surface area contributed by atoms with E-state index in [1.54, 1.807) is 30.3 Å². The van der Waals surface area contributed by atoms with E-state index in [4.69, 9.17) is 11.6 Å². The standard InChI is InChI=1S/C34H28ClN7O6/c35-26-15-21(11-13-37-26)41-34(48)40-20-10-12-36-25(14-20)33(47)39-17-19-6-4-18(5-7-19)16-38-24-3-1-2-22-28(24)31(45)29(30(22)44)23-8-9-27(43)42-32(23)46/h1-7,10-15,23,29,38H,8-9,16-17H2,(H,39,47)(H,42,43,46)(H2,36,37,40,41,48). The summed E-state index contributed by atoms with van der Waals surface area (Å²) in [5.41, 5.74) is 3.65. The van der Waals surface area contributed by atoms with Crippen molar-refractivity contribution in [3.63, 3.8) is 0 Å². The van der Waals surface area contributed by atoms with Crippen LogP contribution in [0.4, 0.5) is 21.9 Å². The monoisotopic (exact) mass is 665 g/mol. The number of nitrogens with zero attached hydrogens (tertiary/aromatic N) is 2. The molecule has 48 heavy (non-hydrogen) atoms. The number of nitrogens with one attached hydrogen (secondary N) is 5. The molecule has 1 aliphatic heterocycles. The van der Waals surface area contributed by atoms with Gasteiger partial charge in [0.25, 0.3) is 5.91 Å². The highest BCUT2D eigenvalue weighted by Crippen LogP contribution is 2.38. The third kappa shape index (κ3) is 7.05. The van der Waals surface area contributed by atoms with Crippen LogP contribution in [0.3, 0.4) is 0 Å². The molecule has 2 atom stereocenters. The lowest BCUT2D eigenvalue weighted by molar-refractivity contribution is -0.137. The van der Waals surface area contributed by atoms with Crippen molar-refractivity contribution in [3.8, 4) is 0 Å². The molecule has 14 heteroatoms. The summed E-state index contributed by atoms with van der Waals surface area (Å²) in [5.74, 6) is -4.28. The zero-order valence-corrected chi connectivity index (χ0v) is 26.0. The van der Waals surface area contributed by atoms with Crippen LogP contribution < -0.4 is 26.6 Å². The predicted octanol–water partition coefficient (Wildman–Crippen LogP) is 4.36. The number of ketones is 2. The Kier molecular flexibility index (Phi) is 9.21. The van der Waals surface area contributed by atoms with Crippen LogP contribution in [-0.4, -0.2) is 45.3 Å². The van der Waals surface area contributed by atoms with Crippen molar-refractivity contribution in [1.82, 2.24) is 20.6 Å². The van der Waals surface area contributed by atoms with Gasteiger partial charge in [0.05, 0.1) is 17.4 Å². The number of urea groups is 1. The molecule has 5 amide bonds. The fourth-order valence-corrected chi connectivity index (χ4v) is 5.83. The maximum absolute atomic E-state index is 13.4. The quantitative estimate of drug-likeness (QED) is 0.0983. The summed E-state index contributed by atoms with van der Waals surface area (Å²) in [5, 5.41) is 13.8. The summed E-state index contributed by atoms with van der Waals surface area (Å²) in [6.45, 7) is 0.568. The second-order valence-electron chi connectivity index (χ2n) is 11.2. The number of pyridine rings is 2. The number of carbonyl (C=O) groups excluding carboxylic acids is 6. The molecule has 2 aromatic heterocycles. The maximum Gasteiger partial charge on any atom is 0.323 e. The first-order valence-electron chi connectivity index (χ1n) is 15.0. The Labute approximate surface area is 278 Å². The van der Waals surface area contributed by atoms with Crippen LogP contribution in [0.1, 0.15) is 55.2 Å². The van der Waals surface area contributed by atoms with E-state index in [0.717, 1.165) is 11.1 Å². The molecule has 1 saturated heterocycles. The lowest BCUT2D eigenvalue weighted by atomic mass is 9.82. The molecule has 1 fully saturated rings. The van der Waals surface area contributed by atoms with E-state index in [0.29, 0.717) is 23.6 Å². The Morgan fingerprint density at radius 3 is 2.23 bits per heavy atom. The minimum absolute atomic E-state index is 0.0843. The number of carbonyl (C=O) groups is 6. The lowest BCUT2D eigenvalue weighted by Gasteiger charge is -2.24. The summed E-state index contributed by atoms with van der Waals surface area (Å²) in [6, 6.07) is 18.0. The van der Waals surface area contributed by atoms with Gasteiger partial charge in [0.2, 0.25) is 11.8 Å². The Balaban J connectivity index is 1.02. The van der Waals surface area contributed by atoms with Crippen LogP contribution in [0.15, 0.2) is 79.1 Å². The molecule has 242 valence electrons. The summed E-state index contributed by atoms with van der Waals surface area (Å²) >= 11 is 5.85. The van der Waals surface area contributed by atoms with Gasteiger partial charge in [0.15, 0.2) is 11.6 Å². The maximum atomic E-state index is 13.4. The number of anilines is 3. The van der Waals surface area contributed by atoms with Crippen molar-refractivity contribution in [3.05, 3.63) is 112 Å². The van der Waals surface area contributed by atoms with Crippen LogP contribution in [0.5, 0.6) is 0 Å². The number of hydrogen-bond acceptors (Lipinski definition) is 9. The van der Waals surface area contributed by atoms with Crippen molar-refractivity contribution in [2.24, 2.45) is 11.8 Å². The molecule has 0 spiro atoms. The van der Waals surface area contributed by atoms with Gasteiger partial charge in [-0.25, -0.2) is 9.78 Å². The number of fused-ring (bicyclic) bond motifs is 1. The number of Topliss-reactive ketones (excluding diaryl/α,β-unsaturated/α-hetero) is 2. The van der Waals surface area contributed by atoms with Crippen LogP contribution >= 0.6 is 11.6 Å². The van der Waals surface area contributed by atoms with Crippen LogP contribution in [0.25, 0.3) is 0 Å². The first-order valence-corrected chi connectivity index (χ1v) is 15.3. The summed E-state index contributed by atoms with van der Waals surface area (Å²) in [6.07, 6.45) is 3.11. The molecule has 6 rings (SSSR count). The molecule has 2 unspecified atom stereocenters. The first kappa shape index (κ1) is 32.0. The third-order valence-corrected chi connectivity index (χ3v) is 8.23. The molecular formula is C34H28ClN7O6. The van der Waals surface area contributed by atoms with Crippen molar-refractivity contribution >= 4 is 64.0 Å². The van der Waals surface area contributed by atoms with E-state index < -0.39 is 47.2 Å². The van der Waals surface area contributed by atoms with Crippen molar-refractivity contribution in [2.45, 2.75) is 25.9 Å². The van der Waals surface area contributed by atoms with E-state index in [1.165, 1.54) is 24.5 Å². The van der Waals surface area contributed by atoms with E-state index in [9.17, 15) is 28.8 Å². The number of aromatic nitrogens is 2. The van der Waals surface area contributed by atoms with Gasteiger partial charge in [-0.05, 0) is 47.9 Å². The molecule has 0 saturated carbocycles. The Bertz CT molecular complexity index is 1970. The fraction of sp³-hybridized carbons (Fsp3) is 0.176. The summed E-state index contributed by atoms with van der Waals surface area (Å²) < 4.78 is 0. The molecule has 2 aromatic carbocycles. The second-order valence-corrected chi connectivity index (χ2v) is 11.6. The van der Waals surface area contributed by atoms with Gasteiger partial charge in [0, 0.05) is 54.5 Å². The molecule has 0 radical (unpaired) electrons. The summed E-state index contributed by atoms with van der Waals surface area (Å²) in [4.78, 5) is 83.6. The smallest absolute Gasteiger partial charge is 0.323 e. The predicted molar refractivity (Wildman–Crippen MR) is 176 cm³/mol. The van der Waals surface area contributed by atoms with Crippen LogP contribution in [0, 0.1) is 11.8 Å². The Hall–Kier alpha value is -5.95. The largest absolute Gasteiger partial charge is 0.380 e.